The van der Waals surface area contributed by atoms with Crippen LogP contribution in [0.4, 0.5) is 0 Å². The van der Waals surface area contributed by atoms with Gasteiger partial charge in [0.1, 0.15) is 23.0 Å². The molecule has 0 fully saturated rings. The Kier molecular flexibility index (Phi) is 9.27. The molecule has 9 rings (SSSR count). The summed E-state index contributed by atoms with van der Waals surface area (Å²) in [4.78, 5) is 0. The van der Waals surface area contributed by atoms with E-state index in [0.29, 0.717) is 33.6 Å². The molecule has 0 radical (unpaired) electrons. The van der Waals surface area contributed by atoms with Crippen molar-refractivity contribution in [1.29, 1.82) is 0 Å². The maximum Gasteiger partial charge on any atom is 0.463 e. The molecule has 268 valence electrons. The molecule has 2 aliphatic heterocycles. The van der Waals surface area contributed by atoms with E-state index in [-0.39, 0.29) is 5.41 Å². The molecular weight excluding hydrogens is 710 g/mol. The molecule has 0 saturated carbocycles. The zero-order valence-electron chi connectivity index (χ0n) is 30.1. The highest BCUT2D eigenvalue weighted by Gasteiger charge is 2.40. The first-order valence-electron chi connectivity index (χ1n) is 17.7. The predicted molar refractivity (Wildman–Crippen MR) is 218 cm³/mol. The molecule has 0 saturated heterocycles. The molecule has 7 aromatic rings. The Morgan fingerprint density at radius 2 is 0.852 bits per heavy atom. The topological polar surface area (TPSA) is 71.1 Å². The van der Waals surface area contributed by atoms with Crippen LogP contribution in [0.2, 0.25) is 0 Å². The molecule has 2 atom stereocenters. The van der Waals surface area contributed by atoms with Gasteiger partial charge in [-0.2, -0.15) is 0 Å². The summed E-state index contributed by atoms with van der Waals surface area (Å²) in [5, 5.41) is 1.18. The maximum absolute atomic E-state index is 13.9. The van der Waals surface area contributed by atoms with Crippen molar-refractivity contribution < 1.29 is 27.2 Å². The quantitative estimate of drug-likeness (QED) is 0.163. The lowest BCUT2D eigenvalue weighted by molar-refractivity contribution is 0.397. The van der Waals surface area contributed by atoms with E-state index >= 15 is 0 Å². The lowest BCUT2D eigenvalue weighted by atomic mass is 9.87. The Morgan fingerprint density at radius 3 is 1.39 bits per heavy atom. The van der Waals surface area contributed by atoms with E-state index < -0.39 is 15.2 Å². The van der Waals surface area contributed by atoms with E-state index in [2.05, 4.69) is 20.8 Å². The minimum Gasteiger partial charge on any atom is -0.413 e. The van der Waals surface area contributed by atoms with E-state index in [1.165, 1.54) is 5.56 Å². The smallest absolute Gasteiger partial charge is 0.413 e. The average Bonchev–Trinajstić information content (AvgIpc) is 3.19. The van der Waals surface area contributed by atoms with Crippen molar-refractivity contribution in [2.45, 2.75) is 26.2 Å². The van der Waals surface area contributed by atoms with Gasteiger partial charge in [-0.25, -0.2) is 9.13 Å². The number of para-hydroxylation sites is 3. The molecule has 0 spiro atoms. The van der Waals surface area contributed by atoms with Crippen molar-refractivity contribution in [2.75, 3.05) is 0 Å². The van der Waals surface area contributed by atoms with E-state index in [4.69, 9.17) is 18.1 Å². The number of benzene rings is 7. The highest BCUT2D eigenvalue weighted by atomic mass is 31.2. The Balaban J connectivity index is 0.000000154. The van der Waals surface area contributed by atoms with Gasteiger partial charge in [-0.15, -0.1) is 0 Å². The van der Waals surface area contributed by atoms with Crippen LogP contribution in [0.15, 0.2) is 176 Å². The summed E-state index contributed by atoms with van der Waals surface area (Å²) in [6.07, 6.45) is 0. The third-order valence-electron chi connectivity index (χ3n) is 9.33. The molecule has 8 heteroatoms. The second-order valence-electron chi connectivity index (χ2n) is 14.0. The Labute approximate surface area is 316 Å². The first kappa shape index (κ1) is 35.2. The SMILES string of the molecule is CC(C)(C)c1ccc(OP2(=O)Oc3ccccc3-c3ccccc32)cc1.O=P1(Oc2ccccc2-c2ccccc2)Oc2ccccc2-c2ccccc21. The average molecular weight is 749 g/mol. The van der Waals surface area contributed by atoms with Crippen LogP contribution in [0.5, 0.6) is 23.0 Å². The van der Waals surface area contributed by atoms with Crippen molar-refractivity contribution in [1.82, 2.24) is 0 Å². The van der Waals surface area contributed by atoms with Gasteiger partial charge in [-0.1, -0.05) is 154 Å². The summed E-state index contributed by atoms with van der Waals surface area (Å²) in [7, 11) is -7.12. The van der Waals surface area contributed by atoms with Crippen molar-refractivity contribution >= 4 is 25.8 Å². The van der Waals surface area contributed by atoms with Gasteiger partial charge in [0.2, 0.25) is 0 Å². The third kappa shape index (κ3) is 6.87. The normalized spacial score (nSPS) is 17.8. The summed E-state index contributed by atoms with van der Waals surface area (Å²) in [6, 6.07) is 55.6. The van der Waals surface area contributed by atoms with E-state index in [1.54, 1.807) is 0 Å². The van der Waals surface area contributed by atoms with Gasteiger partial charge in [-0.05, 0) is 59.0 Å². The van der Waals surface area contributed by atoms with E-state index in [9.17, 15) is 9.13 Å². The second-order valence-corrected chi connectivity index (χ2v) is 17.7. The monoisotopic (exact) mass is 748 g/mol. The molecule has 0 N–H and O–H groups in total. The fraction of sp³-hybridized carbons (Fsp3) is 0.0870. The van der Waals surface area contributed by atoms with Crippen molar-refractivity contribution in [3.63, 3.8) is 0 Å². The Bertz CT molecular complexity index is 2560. The lowest BCUT2D eigenvalue weighted by Crippen LogP contribution is -2.21. The zero-order chi connectivity index (χ0) is 37.3. The van der Waals surface area contributed by atoms with Crippen molar-refractivity contribution in [3.8, 4) is 56.4 Å². The first-order chi connectivity index (χ1) is 26.1. The van der Waals surface area contributed by atoms with E-state index in [1.807, 2.05) is 176 Å². The van der Waals surface area contributed by atoms with Gasteiger partial charge < -0.3 is 18.1 Å². The standard InChI is InChI=1S/C24H17O3P.C22H21O3P/c25-28(26-22-15-7-4-12-19(22)18-10-2-1-3-11-18)24-17-9-6-14-21(24)20-13-5-8-16-23(20)27-28;1-22(2,3)16-12-14-17(15-13-16)24-26(23)21-11-7-5-9-19(21)18-8-4-6-10-20(18)25-26/h1-17H;4-15H,1-3H3. The molecule has 2 aliphatic rings. The number of fused-ring (bicyclic) bond motifs is 6. The summed E-state index contributed by atoms with van der Waals surface area (Å²) in [5.41, 5.74) is 6.74. The summed E-state index contributed by atoms with van der Waals surface area (Å²) < 4.78 is 51.5. The van der Waals surface area contributed by atoms with E-state index in [0.717, 1.165) is 33.4 Å². The Morgan fingerprint density at radius 1 is 0.426 bits per heavy atom. The van der Waals surface area contributed by atoms with Crippen LogP contribution in [0, 0.1) is 0 Å². The van der Waals surface area contributed by atoms with Gasteiger partial charge in [0.25, 0.3) is 0 Å². The summed E-state index contributed by atoms with van der Waals surface area (Å²) in [6.45, 7) is 6.47. The summed E-state index contributed by atoms with van der Waals surface area (Å²) in [5.74, 6) is 2.23. The highest BCUT2D eigenvalue weighted by Crippen LogP contribution is 2.57. The molecule has 2 unspecified atom stereocenters. The van der Waals surface area contributed by atoms with Crippen LogP contribution in [0.1, 0.15) is 26.3 Å². The number of hydrogen-bond donors (Lipinski definition) is 0. The van der Waals surface area contributed by atoms with Gasteiger partial charge in [0.05, 0.1) is 10.6 Å². The number of rotatable bonds is 5. The summed E-state index contributed by atoms with van der Waals surface area (Å²) >= 11 is 0. The van der Waals surface area contributed by atoms with Gasteiger partial charge >= 0.3 is 15.2 Å². The molecule has 0 aromatic heterocycles. The molecule has 0 amide bonds. The largest absolute Gasteiger partial charge is 0.463 e. The second kappa shape index (κ2) is 14.2. The first-order valence-corrected chi connectivity index (χ1v) is 20.8. The molecule has 6 nitrogen and oxygen atoms in total. The molecule has 54 heavy (non-hydrogen) atoms. The van der Waals surface area contributed by atoms with Gasteiger partial charge in [0.15, 0.2) is 0 Å². The van der Waals surface area contributed by atoms with Crippen LogP contribution in [0.3, 0.4) is 0 Å². The van der Waals surface area contributed by atoms with Gasteiger partial charge in [-0.3, -0.25) is 0 Å². The minimum atomic E-state index is -3.61. The number of hydrogen-bond acceptors (Lipinski definition) is 6. The maximum atomic E-state index is 13.9. The molecule has 2 heterocycles. The van der Waals surface area contributed by atoms with Gasteiger partial charge in [0, 0.05) is 27.8 Å². The molecule has 0 bridgehead atoms. The molecule has 0 aliphatic carbocycles. The minimum absolute atomic E-state index is 0.0513. The fourth-order valence-corrected chi connectivity index (χ4v) is 10.2. The fourth-order valence-electron chi connectivity index (χ4n) is 6.60. The predicted octanol–water partition coefficient (Wildman–Crippen LogP) is 12.3. The van der Waals surface area contributed by atoms with Crippen LogP contribution < -0.4 is 28.7 Å². The van der Waals surface area contributed by atoms with Crippen LogP contribution in [-0.4, -0.2) is 0 Å². The van der Waals surface area contributed by atoms with Crippen molar-refractivity contribution in [3.05, 3.63) is 181 Å². The highest BCUT2D eigenvalue weighted by molar-refractivity contribution is 7.63. The Hall–Kier alpha value is -5.80. The van der Waals surface area contributed by atoms with Crippen LogP contribution >= 0.6 is 15.2 Å². The molecule has 7 aromatic carbocycles. The van der Waals surface area contributed by atoms with Crippen molar-refractivity contribution in [2.24, 2.45) is 0 Å². The zero-order valence-corrected chi connectivity index (χ0v) is 31.9. The lowest BCUT2D eigenvalue weighted by Gasteiger charge is -2.28. The third-order valence-corrected chi connectivity index (χ3v) is 13.0. The molecular formula is C46H38O6P2. The van der Waals surface area contributed by atoms with Crippen LogP contribution in [-0.2, 0) is 14.5 Å². The van der Waals surface area contributed by atoms with Crippen LogP contribution in [0.25, 0.3) is 33.4 Å².